The minimum atomic E-state index is -1.20. The lowest BCUT2D eigenvalue weighted by molar-refractivity contribution is 0.0680. The van der Waals surface area contributed by atoms with Crippen molar-refractivity contribution in [2.45, 2.75) is 25.8 Å². The molecule has 6 nitrogen and oxygen atoms in total. The van der Waals surface area contributed by atoms with E-state index in [-0.39, 0.29) is 23.7 Å². The summed E-state index contributed by atoms with van der Waals surface area (Å²) in [4.78, 5) is 14.1. The molecule has 0 aliphatic carbocycles. The molecule has 0 amide bonds. The Morgan fingerprint density at radius 1 is 1.62 bits per heavy atom. The van der Waals surface area contributed by atoms with E-state index in [9.17, 15) is 4.79 Å². The summed E-state index contributed by atoms with van der Waals surface area (Å²) in [5, 5.41) is 11.8. The molecule has 0 aliphatic heterocycles. The summed E-state index contributed by atoms with van der Waals surface area (Å²) in [5.41, 5.74) is 5.58. The van der Waals surface area contributed by atoms with E-state index in [1.807, 2.05) is 0 Å². The highest BCUT2D eigenvalue weighted by atomic mass is 16.5. The molecule has 0 aliphatic rings. The van der Waals surface area contributed by atoms with Crippen LogP contribution in [0.3, 0.4) is 0 Å². The monoisotopic (exact) mass is 185 g/mol. The maximum atomic E-state index is 10.4. The van der Waals surface area contributed by atoms with E-state index in [2.05, 4.69) is 10.1 Å². The van der Waals surface area contributed by atoms with Crippen molar-refractivity contribution in [3.63, 3.8) is 0 Å². The van der Waals surface area contributed by atoms with Crippen LogP contribution in [0.2, 0.25) is 0 Å². The minimum Gasteiger partial charge on any atom is -0.475 e. The molecule has 1 heterocycles. The molecule has 2 unspecified atom stereocenters. The fourth-order valence-electron chi connectivity index (χ4n) is 0.732. The van der Waals surface area contributed by atoms with E-state index < -0.39 is 5.97 Å². The van der Waals surface area contributed by atoms with Gasteiger partial charge in [-0.25, -0.2) is 4.79 Å². The fraction of sp³-hybridized carbons (Fsp3) is 0.571. The summed E-state index contributed by atoms with van der Waals surface area (Å²) in [7, 11) is 0. The predicted molar refractivity (Wildman–Crippen MR) is 43.3 cm³/mol. The van der Waals surface area contributed by atoms with Crippen LogP contribution in [-0.4, -0.2) is 27.3 Å². The first-order chi connectivity index (χ1) is 6.02. The van der Waals surface area contributed by atoms with E-state index in [1.54, 1.807) is 13.8 Å². The molecule has 0 aromatic carbocycles. The molecule has 13 heavy (non-hydrogen) atoms. The maximum absolute atomic E-state index is 10.4. The van der Waals surface area contributed by atoms with Crippen molar-refractivity contribution >= 4 is 5.97 Å². The smallest absolute Gasteiger partial charge is 0.377 e. The molecule has 0 saturated heterocycles. The van der Waals surface area contributed by atoms with Crippen LogP contribution in [0.4, 0.5) is 0 Å². The number of carboxylic acids is 1. The number of rotatable bonds is 3. The topological polar surface area (TPSA) is 102 Å². The maximum Gasteiger partial charge on any atom is 0.377 e. The van der Waals surface area contributed by atoms with Gasteiger partial charge in [-0.15, -0.1) is 0 Å². The molecule has 1 aromatic heterocycles. The van der Waals surface area contributed by atoms with Gasteiger partial charge in [-0.05, 0) is 12.1 Å². The lowest BCUT2D eigenvalue weighted by Crippen LogP contribution is -2.22. The van der Waals surface area contributed by atoms with Gasteiger partial charge in [0, 0.05) is 6.04 Å². The van der Waals surface area contributed by atoms with Crippen LogP contribution in [0, 0.1) is 0 Å². The van der Waals surface area contributed by atoms with Crippen LogP contribution < -0.4 is 5.73 Å². The number of carbonyl (C=O) groups is 1. The molecule has 72 valence electrons. The second-order valence-electron chi connectivity index (χ2n) is 2.91. The van der Waals surface area contributed by atoms with Crippen molar-refractivity contribution in [1.29, 1.82) is 0 Å². The largest absolute Gasteiger partial charge is 0.475 e. The highest BCUT2D eigenvalue weighted by Crippen LogP contribution is 2.15. The Balaban J connectivity index is 2.85. The Labute approximate surface area is 74.7 Å². The molecule has 0 radical (unpaired) electrons. The lowest BCUT2D eigenvalue weighted by atomic mass is 10.1. The standard InChI is InChI=1S/C7H11N3O3/c1-3(4(2)8)6-9-5(7(11)12)10-13-6/h3-4H,8H2,1-2H3,(H,11,12). The van der Waals surface area contributed by atoms with Gasteiger partial charge in [0.25, 0.3) is 5.82 Å². The number of aromatic nitrogens is 2. The Morgan fingerprint density at radius 2 is 2.23 bits per heavy atom. The van der Waals surface area contributed by atoms with Gasteiger partial charge in [0.15, 0.2) is 0 Å². The highest BCUT2D eigenvalue weighted by molar-refractivity contribution is 5.82. The normalized spacial score (nSPS) is 15.3. The average Bonchev–Trinajstić information content (AvgIpc) is 2.50. The number of hydrogen-bond acceptors (Lipinski definition) is 5. The molecule has 6 heteroatoms. The van der Waals surface area contributed by atoms with Gasteiger partial charge in [0.05, 0.1) is 5.92 Å². The van der Waals surface area contributed by atoms with Gasteiger partial charge >= 0.3 is 5.97 Å². The second kappa shape index (κ2) is 3.53. The van der Waals surface area contributed by atoms with E-state index >= 15 is 0 Å². The third-order valence-corrected chi connectivity index (χ3v) is 1.81. The third kappa shape index (κ3) is 2.03. The summed E-state index contributed by atoms with van der Waals surface area (Å²) >= 11 is 0. The second-order valence-corrected chi connectivity index (χ2v) is 2.91. The Morgan fingerprint density at radius 3 is 2.62 bits per heavy atom. The number of aromatic carboxylic acids is 1. The molecule has 0 bridgehead atoms. The quantitative estimate of drug-likeness (QED) is 0.698. The lowest BCUT2D eigenvalue weighted by Gasteiger charge is -2.08. The Hall–Kier alpha value is -1.43. The molecule has 1 aromatic rings. The number of hydrogen-bond donors (Lipinski definition) is 2. The van der Waals surface area contributed by atoms with Crippen LogP contribution in [0.15, 0.2) is 4.52 Å². The third-order valence-electron chi connectivity index (χ3n) is 1.81. The molecular weight excluding hydrogens is 174 g/mol. The molecule has 0 saturated carbocycles. The number of nitrogens with zero attached hydrogens (tertiary/aromatic N) is 2. The summed E-state index contributed by atoms with van der Waals surface area (Å²) in [6.07, 6.45) is 0. The van der Waals surface area contributed by atoms with Crippen molar-refractivity contribution in [3.05, 3.63) is 11.7 Å². The van der Waals surface area contributed by atoms with Gasteiger partial charge in [0.1, 0.15) is 0 Å². The van der Waals surface area contributed by atoms with Crippen molar-refractivity contribution in [2.24, 2.45) is 5.73 Å². The minimum absolute atomic E-state index is 0.138. The van der Waals surface area contributed by atoms with E-state index in [4.69, 9.17) is 15.4 Å². The van der Waals surface area contributed by atoms with Gasteiger partial charge < -0.3 is 15.4 Å². The van der Waals surface area contributed by atoms with Gasteiger partial charge in [-0.2, -0.15) is 4.98 Å². The summed E-state index contributed by atoms with van der Waals surface area (Å²) < 4.78 is 4.73. The van der Waals surface area contributed by atoms with Crippen LogP contribution in [0.5, 0.6) is 0 Å². The van der Waals surface area contributed by atoms with Crippen LogP contribution in [0.25, 0.3) is 0 Å². The highest BCUT2D eigenvalue weighted by Gasteiger charge is 2.20. The summed E-state index contributed by atoms with van der Waals surface area (Å²) in [6, 6.07) is -0.151. The molecule has 0 fully saturated rings. The van der Waals surface area contributed by atoms with E-state index in [1.165, 1.54) is 0 Å². The van der Waals surface area contributed by atoms with Crippen LogP contribution in [-0.2, 0) is 0 Å². The number of nitrogens with two attached hydrogens (primary N) is 1. The molecule has 2 atom stereocenters. The van der Waals surface area contributed by atoms with E-state index in [0.29, 0.717) is 0 Å². The average molecular weight is 185 g/mol. The fourth-order valence-corrected chi connectivity index (χ4v) is 0.732. The predicted octanol–water partition coefficient (Wildman–Crippen LogP) is 0.218. The summed E-state index contributed by atoms with van der Waals surface area (Å²) in [5.74, 6) is -1.41. The van der Waals surface area contributed by atoms with Crippen molar-refractivity contribution in [3.8, 4) is 0 Å². The number of carboxylic acid groups (broad SMARTS) is 1. The van der Waals surface area contributed by atoms with Gasteiger partial charge in [-0.1, -0.05) is 6.92 Å². The van der Waals surface area contributed by atoms with E-state index in [0.717, 1.165) is 0 Å². The van der Waals surface area contributed by atoms with Gasteiger partial charge in [0.2, 0.25) is 5.89 Å². The first kappa shape index (κ1) is 9.66. The zero-order chi connectivity index (χ0) is 10.0. The molecule has 3 N–H and O–H groups in total. The Bertz CT molecular complexity index is 308. The van der Waals surface area contributed by atoms with Gasteiger partial charge in [-0.3, -0.25) is 0 Å². The Kier molecular flexibility index (Phi) is 2.62. The van der Waals surface area contributed by atoms with Crippen molar-refractivity contribution in [1.82, 2.24) is 10.1 Å². The van der Waals surface area contributed by atoms with Crippen LogP contribution in [0.1, 0.15) is 36.3 Å². The first-order valence-corrected chi connectivity index (χ1v) is 3.85. The first-order valence-electron chi connectivity index (χ1n) is 3.85. The summed E-state index contributed by atoms with van der Waals surface area (Å²) in [6.45, 7) is 3.58. The van der Waals surface area contributed by atoms with Crippen molar-refractivity contribution in [2.75, 3.05) is 0 Å². The molecule has 1 rings (SSSR count). The van der Waals surface area contributed by atoms with Crippen molar-refractivity contribution < 1.29 is 14.4 Å². The molecular formula is C7H11N3O3. The zero-order valence-electron chi connectivity index (χ0n) is 7.39. The zero-order valence-corrected chi connectivity index (χ0v) is 7.39. The SMILES string of the molecule is CC(N)C(C)c1nc(C(=O)O)no1. The van der Waals surface area contributed by atoms with Crippen LogP contribution >= 0.6 is 0 Å². The molecule has 0 spiro atoms.